The van der Waals surface area contributed by atoms with Gasteiger partial charge in [0.25, 0.3) is 5.91 Å². The van der Waals surface area contributed by atoms with E-state index in [1.807, 2.05) is 6.07 Å². The molecule has 28 heavy (non-hydrogen) atoms. The molecule has 0 aliphatic heterocycles. The maximum absolute atomic E-state index is 13.0. The minimum Gasteiger partial charge on any atom is -0.409 e. The van der Waals surface area contributed by atoms with Gasteiger partial charge in [0.05, 0.1) is 5.56 Å². The third kappa shape index (κ3) is 4.66. The Balaban J connectivity index is 1.81. The predicted molar refractivity (Wildman–Crippen MR) is 107 cm³/mol. The van der Waals surface area contributed by atoms with Crippen LogP contribution in [0.15, 0.2) is 72.8 Å². The number of benzene rings is 3. The van der Waals surface area contributed by atoms with Gasteiger partial charge in [-0.15, -0.1) is 0 Å². The molecule has 0 spiro atoms. The lowest BCUT2D eigenvalue weighted by Gasteiger charge is -2.18. The Kier molecular flexibility index (Phi) is 5.91. The second-order valence-corrected chi connectivity index (χ2v) is 6.30. The van der Waals surface area contributed by atoms with Gasteiger partial charge in [0, 0.05) is 23.4 Å². The van der Waals surface area contributed by atoms with Crippen molar-refractivity contribution in [3.8, 4) is 5.75 Å². The van der Waals surface area contributed by atoms with E-state index in [0.29, 0.717) is 16.4 Å². The largest absolute Gasteiger partial charge is 0.419 e. The first kappa shape index (κ1) is 19.4. The zero-order valence-corrected chi connectivity index (χ0v) is 15.6. The molecule has 5 nitrogen and oxygen atoms in total. The minimum atomic E-state index is -0.663. The first-order valence-electron chi connectivity index (χ1n) is 8.31. The van der Waals surface area contributed by atoms with Crippen molar-refractivity contribution >= 4 is 35.0 Å². The van der Waals surface area contributed by atoms with E-state index in [4.69, 9.17) is 16.3 Å². The van der Waals surface area contributed by atoms with Crippen molar-refractivity contribution < 1.29 is 18.7 Å². The highest BCUT2D eigenvalue weighted by Gasteiger charge is 2.19. The summed E-state index contributed by atoms with van der Waals surface area (Å²) in [4.78, 5) is 26.4. The van der Waals surface area contributed by atoms with E-state index in [-0.39, 0.29) is 11.3 Å². The highest BCUT2D eigenvalue weighted by atomic mass is 35.5. The van der Waals surface area contributed by atoms with E-state index in [9.17, 15) is 14.0 Å². The van der Waals surface area contributed by atoms with Gasteiger partial charge in [-0.2, -0.15) is 0 Å². The van der Waals surface area contributed by atoms with Crippen LogP contribution >= 0.6 is 11.6 Å². The molecule has 0 aliphatic rings. The average Bonchev–Trinajstić information content (AvgIpc) is 2.71. The number of carbonyl (C=O) groups is 2. The van der Waals surface area contributed by atoms with Crippen LogP contribution in [0.1, 0.15) is 10.4 Å². The third-order valence-electron chi connectivity index (χ3n) is 3.90. The Bertz CT molecular complexity index is 994. The molecular formula is C21H16ClFN2O3. The quantitative estimate of drug-likeness (QED) is 0.643. The van der Waals surface area contributed by atoms with Gasteiger partial charge < -0.3 is 10.1 Å². The SMILES string of the molecule is CN(C(=O)Oc1ccc(Cl)cc1C(=O)Nc1ccc(F)cc1)c1ccccc1. The molecule has 3 rings (SSSR count). The molecule has 0 saturated heterocycles. The van der Waals surface area contributed by atoms with Gasteiger partial charge in [-0.25, -0.2) is 9.18 Å². The zero-order valence-electron chi connectivity index (χ0n) is 14.9. The fourth-order valence-corrected chi connectivity index (χ4v) is 2.59. The van der Waals surface area contributed by atoms with E-state index in [2.05, 4.69) is 5.32 Å². The second kappa shape index (κ2) is 8.54. The average molecular weight is 399 g/mol. The molecule has 0 radical (unpaired) electrons. The lowest BCUT2D eigenvalue weighted by molar-refractivity contribution is 0.102. The lowest BCUT2D eigenvalue weighted by Crippen LogP contribution is -2.30. The lowest BCUT2D eigenvalue weighted by atomic mass is 10.2. The fourth-order valence-electron chi connectivity index (χ4n) is 2.42. The summed E-state index contributed by atoms with van der Waals surface area (Å²) < 4.78 is 18.4. The van der Waals surface area contributed by atoms with Gasteiger partial charge in [-0.3, -0.25) is 9.69 Å². The summed E-state index contributed by atoms with van der Waals surface area (Å²) in [6, 6.07) is 18.6. The van der Waals surface area contributed by atoms with Crippen molar-refractivity contribution in [2.24, 2.45) is 0 Å². The topological polar surface area (TPSA) is 58.6 Å². The normalized spacial score (nSPS) is 10.2. The number of nitrogens with zero attached hydrogens (tertiary/aromatic N) is 1. The number of para-hydroxylation sites is 1. The number of nitrogens with one attached hydrogen (secondary N) is 1. The molecule has 3 aromatic rings. The van der Waals surface area contributed by atoms with Crippen LogP contribution in [0.5, 0.6) is 5.75 Å². The van der Waals surface area contributed by atoms with E-state index in [1.54, 1.807) is 31.3 Å². The molecule has 0 heterocycles. The maximum atomic E-state index is 13.0. The highest BCUT2D eigenvalue weighted by Crippen LogP contribution is 2.25. The van der Waals surface area contributed by atoms with Crippen LogP contribution in [-0.4, -0.2) is 19.0 Å². The highest BCUT2D eigenvalue weighted by molar-refractivity contribution is 6.31. The molecule has 0 aliphatic carbocycles. The summed E-state index contributed by atoms with van der Waals surface area (Å²) in [5, 5.41) is 2.92. The first-order valence-corrected chi connectivity index (χ1v) is 8.69. The summed E-state index contributed by atoms with van der Waals surface area (Å²) in [6.07, 6.45) is -0.663. The van der Waals surface area contributed by atoms with Crippen molar-refractivity contribution in [1.82, 2.24) is 0 Å². The third-order valence-corrected chi connectivity index (χ3v) is 4.14. The van der Waals surface area contributed by atoms with Crippen molar-refractivity contribution in [3.63, 3.8) is 0 Å². The molecule has 2 amide bonds. The number of halogens is 2. The van der Waals surface area contributed by atoms with Crippen LogP contribution in [0.25, 0.3) is 0 Å². The molecular weight excluding hydrogens is 383 g/mol. The number of carbonyl (C=O) groups excluding carboxylic acids is 2. The number of anilines is 2. The Morgan fingerprint density at radius 2 is 1.68 bits per heavy atom. The van der Waals surface area contributed by atoms with Gasteiger partial charge in [-0.05, 0) is 54.6 Å². The first-order chi connectivity index (χ1) is 13.4. The van der Waals surface area contributed by atoms with Gasteiger partial charge in [0.15, 0.2) is 0 Å². The molecule has 7 heteroatoms. The zero-order chi connectivity index (χ0) is 20.1. The van der Waals surface area contributed by atoms with Gasteiger partial charge in [0.2, 0.25) is 0 Å². The van der Waals surface area contributed by atoms with Crippen molar-refractivity contribution in [1.29, 1.82) is 0 Å². The van der Waals surface area contributed by atoms with Crippen LogP contribution in [0.2, 0.25) is 5.02 Å². The Labute approximate surface area is 166 Å². The molecule has 0 atom stereocenters. The van der Waals surface area contributed by atoms with E-state index in [1.165, 1.54) is 47.4 Å². The summed E-state index contributed by atoms with van der Waals surface area (Å²) in [7, 11) is 1.56. The van der Waals surface area contributed by atoms with Crippen molar-refractivity contribution in [2.75, 3.05) is 17.3 Å². The molecule has 0 bridgehead atoms. The number of hydrogen-bond donors (Lipinski definition) is 1. The fraction of sp³-hybridized carbons (Fsp3) is 0.0476. The smallest absolute Gasteiger partial charge is 0.409 e. The molecule has 0 saturated carbocycles. The summed E-state index contributed by atoms with van der Waals surface area (Å²) >= 11 is 6.00. The standard InChI is InChI=1S/C21H16ClFN2O3/c1-25(17-5-3-2-4-6-17)21(27)28-19-12-7-14(22)13-18(19)20(26)24-16-10-8-15(23)9-11-16/h2-13H,1H3,(H,24,26). The summed E-state index contributed by atoms with van der Waals surface area (Å²) in [5.41, 5.74) is 1.11. The van der Waals surface area contributed by atoms with Crippen molar-refractivity contribution in [2.45, 2.75) is 0 Å². The van der Waals surface area contributed by atoms with Gasteiger partial charge in [0.1, 0.15) is 11.6 Å². The van der Waals surface area contributed by atoms with Crippen LogP contribution in [0.4, 0.5) is 20.6 Å². The minimum absolute atomic E-state index is 0.0526. The molecule has 0 unspecified atom stereocenters. The molecule has 1 N–H and O–H groups in total. The number of ether oxygens (including phenoxy) is 1. The number of rotatable bonds is 4. The van der Waals surface area contributed by atoms with Gasteiger partial charge >= 0.3 is 6.09 Å². The van der Waals surface area contributed by atoms with Crippen LogP contribution < -0.4 is 15.0 Å². The van der Waals surface area contributed by atoms with E-state index >= 15 is 0 Å². The molecule has 142 valence electrons. The Morgan fingerprint density at radius 1 is 1.00 bits per heavy atom. The van der Waals surface area contributed by atoms with Gasteiger partial charge in [-0.1, -0.05) is 29.8 Å². The van der Waals surface area contributed by atoms with Crippen LogP contribution in [0.3, 0.4) is 0 Å². The molecule has 3 aromatic carbocycles. The summed E-state index contributed by atoms with van der Waals surface area (Å²) in [6.45, 7) is 0. The van der Waals surface area contributed by atoms with Crippen LogP contribution in [-0.2, 0) is 0 Å². The number of amides is 2. The molecule has 0 fully saturated rings. The Morgan fingerprint density at radius 3 is 2.36 bits per heavy atom. The van der Waals surface area contributed by atoms with E-state index in [0.717, 1.165) is 0 Å². The Hall–Kier alpha value is -3.38. The summed E-state index contributed by atoms with van der Waals surface area (Å²) in [5.74, 6) is -0.907. The van der Waals surface area contributed by atoms with E-state index < -0.39 is 17.8 Å². The maximum Gasteiger partial charge on any atom is 0.419 e. The van der Waals surface area contributed by atoms with Crippen LogP contribution in [0, 0.1) is 5.82 Å². The molecule has 0 aromatic heterocycles. The monoisotopic (exact) mass is 398 g/mol. The predicted octanol–water partition coefficient (Wildman–Crippen LogP) is 5.37. The number of hydrogen-bond acceptors (Lipinski definition) is 3. The second-order valence-electron chi connectivity index (χ2n) is 5.86. The van der Waals surface area contributed by atoms with Crippen molar-refractivity contribution in [3.05, 3.63) is 89.2 Å².